The van der Waals surface area contributed by atoms with Crippen molar-refractivity contribution in [2.45, 2.75) is 105 Å². The van der Waals surface area contributed by atoms with Gasteiger partial charge in [0.25, 0.3) is 0 Å². The Kier molecular flexibility index (Phi) is 6.24. The Hall–Kier alpha value is -0.370. The molecule has 0 spiro atoms. The second-order valence-corrected chi connectivity index (χ2v) is 12.2. The van der Waals surface area contributed by atoms with Crippen molar-refractivity contribution in [2.24, 2.45) is 52.3 Å². The first kappa shape index (κ1) is 21.8. The molecule has 0 amide bonds. The van der Waals surface area contributed by atoms with E-state index in [9.17, 15) is 9.90 Å². The maximum absolute atomic E-state index is 13.8. The van der Waals surface area contributed by atoms with E-state index >= 15 is 0 Å². The van der Waals surface area contributed by atoms with Gasteiger partial charge in [-0.3, -0.25) is 4.79 Å². The Morgan fingerprint density at radius 3 is 2.55 bits per heavy atom. The highest BCUT2D eigenvalue weighted by atomic mass is 16.3. The minimum atomic E-state index is -0.0545. The highest BCUT2D eigenvalue weighted by Gasteiger charge is 2.63. The summed E-state index contributed by atoms with van der Waals surface area (Å²) < 4.78 is 0. The molecule has 0 aromatic rings. The minimum Gasteiger partial charge on any atom is -0.396 e. The molecular formula is C27H46O2. The first-order valence-corrected chi connectivity index (χ1v) is 13.0. The van der Waals surface area contributed by atoms with Crippen molar-refractivity contribution in [3.8, 4) is 0 Å². The molecule has 0 heterocycles. The van der Waals surface area contributed by atoms with Gasteiger partial charge in [0.1, 0.15) is 5.78 Å². The number of ketones is 1. The van der Waals surface area contributed by atoms with Crippen LogP contribution >= 0.6 is 0 Å². The van der Waals surface area contributed by atoms with Crippen LogP contribution in [0.15, 0.2) is 0 Å². The summed E-state index contributed by atoms with van der Waals surface area (Å²) in [5, 5.41) is 9.31. The fourth-order valence-corrected chi connectivity index (χ4v) is 9.02. The number of fused-ring (bicyclic) bond motifs is 5. The van der Waals surface area contributed by atoms with Crippen LogP contribution in [-0.2, 0) is 4.79 Å². The van der Waals surface area contributed by atoms with Crippen molar-refractivity contribution < 1.29 is 9.90 Å². The molecule has 0 aromatic heterocycles. The van der Waals surface area contributed by atoms with E-state index in [0.717, 1.165) is 24.7 Å². The molecule has 29 heavy (non-hydrogen) atoms. The summed E-state index contributed by atoms with van der Waals surface area (Å²) in [5.74, 6) is 5.29. The van der Waals surface area contributed by atoms with Gasteiger partial charge in [0, 0.05) is 18.4 Å². The molecule has 166 valence electrons. The van der Waals surface area contributed by atoms with Gasteiger partial charge in [-0.25, -0.2) is 0 Å². The van der Waals surface area contributed by atoms with E-state index in [1.165, 1.54) is 64.2 Å². The van der Waals surface area contributed by atoms with E-state index in [0.29, 0.717) is 47.4 Å². The van der Waals surface area contributed by atoms with Crippen LogP contribution in [0.3, 0.4) is 0 Å². The summed E-state index contributed by atoms with van der Waals surface area (Å²) in [7, 11) is 0. The van der Waals surface area contributed by atoms with Gasteiger partial charge < -0.3 is 5.11 Å². The molecule has 4 fully saturated rings. The van der Waals surface area contributed by atoms with Crippen molar-refractivity contribution in [3.63, 3.8) is 0 Å². The normalized spacial score (nSPS) is 46.5. The van der Waals surface area contributed by atoms with E-state index in [-0.39, 0.29) is 5.41 Å². The first-order chi connectivity index (χ1) is 13.8. The SMILES string of the molecule is CC(CO)CCC[C@@H](C)[C@H]1CC[C@H]2[C@@H]3CCC4CCCC[C@]4(C)[C@H]3CC(=O)[C@]12C. The summed E-state index contributed by atoms with van der Waals surface area (Å²) in [6.07, 6.45) is 15.4. The highest BCUT2D eigenvalue weighted by Crippen LogP contribution is 2.67. The topological polar surface area (TPSA) is 37.3 Å². The summed E-state index contributed by atoms with van der Waals surface area (Å²) in [4.78, 5) is 13.8. The molecule has 2 nitrogen and oxygen atoms in total. The Balaban J connectivity index is 1.49. The molecule has 4 aliphatic rings. The molecule has 0 saturated heterocycles. The Labute approximate surface area is 179 Å². The van der Waals surface area contributed by atoms with Crippen LogP contribution in [0, 0.1) is 52.3 Å². The number of hydrogen-bond donors (Lipinski definition) is 1. The number of rotatable bonds is 6. The summed E-state index contributed by atoms with van der Waals surface area (Å²) in [6.45, 7) is 9.82. The zero-order valence-corrected chi connectivity index (χ0v) is 19.6. The molecule has 0 aromatic carbocycles. The number of aliphatic hydroxyl groups is 1. The molecule has 4 aliphatic carbocycles. The maximum Gasteiger partial charge on any atom is 0.139 e. The van der Waals surface area contributed by atoms with E-state index in [2.05, 4.69) is 27.7 Å². The lowest BCUT2D eigenvalue weighted by Gasteiger charge is -2.60. The predicted molar refractivity (Wildman–Crippen MR) is 119 cm³/mol. The molecule has 9 atom stereocenters. The van der Waals surface area contributed by atoms with Crippen LogP contribution in [0.5, 0.6) is 0 Å². The average Bonchev–Trinajstić information content (AvgIpc) is 3.07. The van der Waals surface area contributed by atoms with Crippen LogP contribution in [0.25, 0.3) is 0 Å². The summed E-state index contributed by atoms with van der Waals surface area (Å²) in [6, 6.07) is 0. The van der Waals surface area contributed by atoms with Gasteiger partial charge >= 0.3 is 0 Å². The van der Waals surface area contributed by atoms with E-state index < -0.39 is 0 Å². The smallest absolute Gasteiger partial charge is 0.139 e. The molecule has 0 aliphatic heterocycles. The number of Topliss-reactive ketones (excluding diaryl/α,β-unsaturated/α-hetero) is 1. The Morgan fingerprint density at radius 1 is 1.00 bits per heavy atom. The number of carbonyl (C=O) groups excluding carboxylic acids is 1. The number of aliphatic hydroxyl groups excluding tert-OH is 1. The predicted octanol–water partition coefficient (Wildman–Crippen LogP) is 6.65. The average molecular weight is 403 g/mol. The van der Waals surface area contributed by atoms with Gasteiger partial charge in [-0.15, -0.1) is 0 Å². The van der Waals surface area contributed by atoms with E-state index in [1.807, 2.05) is 0 Å². The monoisotopic (exact) mass is 402 g/mol. The van der Waals surface area contributed by atoms with Crippen molar-refractivity contribution in [1.82, 2.24) is 0 Å². The molecular weight excluding hydrogens is 356 g/mol. The lowest BCUT2D eigenvalue weighted by atomic mass is 9.44. The Bertz CT molecular complexity index is 599. The molecule has 4 saturated carbocycles. The molecule has 2 unspecified atom stereocenters. The van der Waals surface area contributed by atoms with Crippen LogP contribution < -0.4 is 0 Å². The minimum absolute atomic E-state index is 0.0545. The third-order valence-electron chi connectivity index (χ3n) is 10.9. The van der Waals surface area contributed by atoms with Gasteiger partial charge in [0.05, 0.1) is 0 Å². The van der Waals surface area contributed by atoms with Gasteiger partial charge in [-0.1, -0.05) is 53.4 Å². The summed E-state index contributed by atoms with van der Waals surface area (Å²) in [5.41, 5.74) is 0.392. The zero-order valence-electron chi connectivity index (χ0n) is 19.6. The molecule has 0 bridgehead atoms. The lowest BCUT2D eigenvalue weighted by Crippen LogP contribution is -2.56. The largest absolute Gasteiger partial charge is 0.396 e. The van der Waals surface area contributed by atoms with Gasteiger partial charge in [0.15, 0.2) is 0 Å². The van der Waals surface area contributed by atoms with Gasteiger partial charge in [0.2, 0.25) is 0 Å². The van der Waals surface area contributed by atoms with Crippen molar-refractivity contribution >= 4 is 5.78 Å². The van der Waals surface area contributed by atoms with Crippen LogP contribution in [0.4, 0.5) is 0 Å². The zero-order chi connectivity index (χ0) is 20.8. The summed E-state index contributed by atoms with van der Waals surface area (Å²) >= 11 is 0. The number of hydrogen-bond acceptors (Lipinski definition) is 2. The van der Waals surface area contributed by atoms with Crippen LogP contribution in [-0.4, -0.2) is 17.5 Å². The van der Waals surface area contributed by atoms with Gasteiger partial charge in [-0.2, -0.15) is 0 Å². The first-order valence-electron chi connectivity index (χ1n) is 13.0. The lowest BCUT2D eigenvalue weighted by molar-refractivity contribution is -0.157. The molecule has 2 heteroatoms. The van der Waals surface area contributed by atoms with E-state index in [4.69, 9.17) is 0 Å². The third kappa shape index (κ3) is 3.54. The van der Waals surface area contributed by atoms with Crippen molar-refractivity contribution in [1.29, 1.82) is 0 Å². The molecule has 1 N–H and O–H groups in total. The van der Waals surface area contributed by atoms with Crippen LogP contribution in [0.1, 0.15) is 105 Å². The fourth-order valence-electron chi connectivity index (χ4n) is 9.02. The fraction of sp³-hybridized carbons (Fsp3) is 0.963. The highest BCUT2D eigenvalue weighted by molar-refractivity contribution is 5.87. The third-order valence-corrected chi connectivity index (χ3v) is 10.9. The second-order valence-electron chi connectivity index (χ2n) is 12.2. The van der Waals surface area contributed by atoms with E-state index in [1.54, 1.807) is 0 Å². The standard InChI is InChI=1S/C27H46O2/c1-18(17-28)8-7-9-19(2)22-13-14-23-21-12-11-20-10-5-6-15-26(20,3)24(21)16-25(29)27(22,23)4/h18-24,28H,5-17H2,1-4H3/t18?,19-,20?,21+,22-,23+,24+,26+,27-/m1/s1. The van der Waals surface area contributed by atoms with Gasteiger partial charge in [-0.05, 0) is 91.8 Å². The van der Waals surface area contributed by atoms with Crippen LogP contribution in [0.2, 0.25) is 0 Å². The van der Waals surface area contributed by atoms with Crippen molar-refractivity contribution in [2.75, 3.05) is 6.61 Å². The van der Waals surface area contributed by atoms with Crippen molar-refractivity contribution in [3.05, 3.63) is 0 Å². The Morgan fingerprint density at radius 2 is 1.79 bits per heavy atom. The number of carbonyl (C=O) groups is 1. The maximum atomic E-state index is 13.8. The second kappa shape index (κ2) is 8.29. The molecule has 4 rings (SSSR count). The molecule has 0 radical (unpaired) electrons. The quantitative estimate of drug-likeness (QED) is 0.540.